The van der Waals surface area contributed by atoms with Gasteiger partial charge in [0, 0.05) is 6.04 Å². The molecule has 1 N–H and O–H groups in total. The monoisotopic (exact) mass is 152 g/mol. The predicted octanol–water partition coefficient (Wildman–Crippen LogP) is -0.295. The van der Waals surface area contributed by atoms with Crippen LogP contribution in [0.2, 0.25) is 0 Å². The topological polar surface area (TPSA) is 89.3 Å². The average molecular weight is 152 g/mol. The molecule has 0 rings (SSSR count). The van der Waals surface area contributed by atoms with Crippen LogP contribution in [0.25, 0.3) is 5.53 Å². The molecule has 0 aliphatic rings. The zero-order valence-corrected chi connectivity index (χ0v) is 6.33. The quantitative estimate of drug-likeness (QED) is 0.334. The first-order valence-corrected chi connectivity index (χ1v) is 3.04. The van der Waals surface area contributed by atoms with Crippen molar-refractivity contribution in [3.05, 3.63) is 5.53 Å². The van der Waals surface area contributed by atoms with Crippen LogP contribution in [0.4, 0.5) is 0 Å². The summed E-state index contributed by atoms with van der Waals surface area (Å²) in [5.74, 6) is -0.662. The summed E-state index contributed by atoms with van der Waals surface area (Å²) in [6, 6.07) is 1.37. The predicted molar refractivity (Wildman–Crippen MR) is 37.5 cm³/mol. The fourth-order valence-electron chi connectivity index (χ4n) is 0.449. The summed E-state index contributed by atoms with van der Waals surface area (Å²) >= 11 is 0. The Kier molecular flexibility index (Phi) is 3.57. The molecule has 0 radical (unpaired) electrons. The molecule has 0 aromatic carbocycles. The second-order valence-electron chi connectivity index (χ2n) is 2.19. The van der Waals surface area contributed by atoms with E-state index in [0.717, 1.165) is 0 Å². The molecule has 5 nitrogen and oxygen atoms in total. The van der Waals surface area contributed by atoms with Crippen molar-refractivity contribution in [3.8, 4) is 6.07 Å². The molecule has 1 amide bonds. The number of hydrogen-bond acceptors (Lipinski definition) is 2. The van der Waals surface area contributed by atoms with Crippen molar-refractivity contribution in [2.75, 3.05) is 0 Å². The number of nitriles is 1. The third-order valence-corrected chi connectivity index (χ3v) is 0.841. The van der Waals surface area contributed by atoms with E-state index in [0.29, 0.717) is 0 Å². The first kappa shape index (κ1) is 9.34. The van der Waals surface area contributed by atoms with Crippen molar-refractivity contribution in [2.45, 2.75) is 19.9 Å². The third kappa shape index (κ3) is 3.14. The number of nitrogens with one attached hydrogen (secondary N) is 1. The molecular formula is C6H8N4O. The lowest BCUT2D eigenvalue weighted by Gasteiger charge is -2.01. The van der Waals surface area contributed by atoms with E-state index < -0.39 is 11.6 Å². The summed E-state index contributed by atoms with van der Waals surface area (Å²) in [4.78, 5) is 13.3. The van der Waals surface area contributed by atoms with Gasteiger partial charge in [-0.2, -0.15) is 5.26 Å². The number of carbonyl (C=O) groups is 1. The zero-order valence-electron chi connectivity index (χ0n) is 6.33. The van der Waals surface area contributed by atoms with Gasteiger partial charge in [-0.3, -0.25) is 4.79 Å². The Labute approximate surface area is 64.3 Å². The highest BCUT2D eigenvalue weighted by Crippen LogP contribution is 1.77. The van der Waals surface area contributed by atoms with Crippen molar-refractivity contribution >= 4 is 11.6 Å². The minimum absolute atomic E-state index is 0.0763. The lowest BCUT2D eigenvalue weighted by atomic mass is 10.3. The summed E-state index contributed by atoms with van der Waals surface area (Å²) < 4.78 is 0. The first-order chi connectivity index (χ1) is 5.11. The van der Waals surface area contributed by atoms with Gasteiger partial charge in [0.1, 0.15) is 0 Å². The molecule has 0 unspecified atom stereocenters. The lowest BCUT2D eigenvalue weighted by Crippen LogP contribution is -2.35. The van der Waals surface area contributed by atoms with Crippen LogP contribution in [0.5, 0.6) is 0 Å². The van der Waals surface area contributed by atoms with E-state index in [4.69, 9.17) is 10.8 Å². The summed E-state index contributed by atoms with van der Waals surface area (Å²) in [6.07, 6.45) is 0. The maximum absolute atomic E-state index is 10.8. The maximum Gasteiger partial charge on any atom is 0.455 e. The van der Waals surface area contributed by atoms with Crippen LogP contribution in [0.1, 0.15) is 13.8 Å². The van der Waals surface area contributed by atoms with Gasteiger partial charge < -0.3 is 10.8 Å². The van der Waals surface area contributed by atoms with Gasteiger partial charge in [0.05, 0.1) is 0 Å². The number of carbonyl (C=O) groups excluding carboxylic acids is 1. The molecule has 0 aromatic rings. The van der Waals surface area contributed by atoms with E-state index in [2.05, 4.69) is 10.1 Å². The minimum atomic E-state index is -0.662. The Balaban J connectivity index is 4.28. The molecule has 0 aliphatic carbocycles. The van der Waals surface area contributed by atoms with E-state index in [-0.39, 0.29) is 6.04 Å². The Bertz CT molecular complexity index is 244. The number of amides is 1. The molecule has 0 heterocycles. The second-order valence-corrected chi connectivity index (χ2v) is 2.19. The molecule has 0 fully saturated rings. The van der Waals surface area contributed by atoms with Crippen LogP contribution in [0.3, 0.4) is 0 Å². The Morgan fingerprint density at radius 1 is 1.73 bits per heavy atom. The highest BCUT2D eigenvalue weighted by Gasteiger charge is 2.19. The normalized spacial score (nSPS) is 8.18. The molecule has 0 saturated carbocycles. The van der Waals surface area contributed by atoms with Gasteiger partial charge in [-0.05, 0) is 13.8 Å². The summed E-state index contributed by atoms with van der Waals surface area (Å²) in [6.45, 7) is 3.48. The lowest BCUT2D eigenvalue weighted by molar-refractivity contribution is -0.119. The van der Waals surface area contributed by atoms with Gasteiger partial charge in [-0.15, -0.1) is 4.79 Å². The molecule has 0 bridgehead atoms. The molecule has 0 atom stereocenters. The largest absolute Gasteiger partial charge is 0.455 e. The highest BCUT2D eigenvalue weighted by atomic mass is 16.1. The maximum atomic E-state index is 10.8. The van der Waals surface area contributed by atoms with Crippen molar-refractivity contribution in [3.63, 3.8) is 0 Å². The molecule has 0 spiro atoms. The van der Waals surface area contributed by atoms with E-state index in [1.165, 1.54) is 6.07 Å². The standard InChI is InChI=1S/C6H8N4O/c1-4(2)9-6(11)5(3-7)10-8/h4H,1-2H3,(H,9,11). The number of nitrogens with zero attached hydrogens (tertiary/aromatic N) is 3. The van der Waals surface area contributed by atoms with Crippen LogP contribution in [-0.4, -0.2) is 22.5 Å². The van der Waals surface area contributed by atoms with E-state index >= 15 is 0 Å². The smallest absolute Gasteiger partial charge is 0.360 e. The molecule has 58 valence electrons. The Morgan fingerprint density at radius 3 is 2.55 bits per heavy atom. The summed E-state index contributed by atoms with van der Waals surface area (Å²) in [5, 5.41) is 10.6. The third-order valence-electron chi connectivity index (χ3n) is 0.841. The van der Waals surface area contributed by atoms with E-state index in [9.17, 15) is 4.79 Å². The van der Waals surface area contributed by atoms with Crippen molar-refractivity contribution in [1.29, 1.82) is 5.26 Å². The highest BCUT2D eigenvalue weighted by molar-refractivity contribution is 6.42. The SMILES string of the molecule is CC(C)NC(=O)C(C#N)=[N+]=[N-]. The van der Waals surface area contributed by atoms with Crippen LogP contribution in [-0.2, 0) is 4.79 Å². The molecule has 11 heavy (non-hydrogen) atoms. The van der Waals surface area contributed by atoms with Gasteiger partial charge in [0.25, 0.3) is 0 Å². The summed E-state index contributed by atoms with van der Waals surface area (Å²) in [7, 11) is 0. The Morgan fingerprint density at radius 2 is 2.27 bits per heavy atom. The van der Waals surface area contributed by atoms with Gasteiger partial charge in [-0.25, -0.2) is 0 Å². The van der Waals surface area contributed by atoms with Crippen LogP contribution >= 0.6 is 0 Å². The first-order valence-electron chi connectivity index (χ1n) is 3.04. The molecule has 0 aliphatic heterocycles. The molecular weight excluding hydrogens is 144 g/mol. The molecule has 5 heteroatoms. The van der Waals surface area contributed by atoms with Gasteiger partial charge in [0.15, 0.2) is 6.07 Å². The van der Waals surface area contributed by atoms with Crippen LogP contribution < -0.4 is 5.32 Å². The van der Waals surface area contributed by atoms with Gasteiger partial charge in [0.2, 0.25) is 0 Å². The van der Waals surface area contributed by atoms with E-state index in [1.807, 2.05) is 0 Å². The van der Waals surface area contributed by atoms with E-state index in [1.54, 1.807) is 13.8 Å². The average Bonchev–Trinajstić information content (AvgIpc) is 1.88. The minimum Gasteiger partial charge on any atom is -0.360 e. The Hall–Kier alpha value is -1.66. The molecule has 0 aromatic heterocycles. The van der Waals surface area contributed by atoms with Gasteiger partial charge >= 0.3 is 11.6 Å². The second kappa shape index (κ2) is 4.20. The fourth-order valence-corrected chi connectivity index (χ4v) is 0.449. The van der Waals surface area contributed by atoms with Crippen LogP contribution in [0.15, 0.2) is 0 Å². The van der Waals surface area contributed by atoms with Crippen molar-refractivity contribution < 1.29 is 9.58 Å². The number of rotatable bonds is 2. The molecule has 0 saturated heterocycles. The zero-order chi connectivity index (χ0) is 8.85. The number of hydrogen-bond donors (Lipinski definition) is 1. The van der Waals surface area contributed by atoms with Gasteiger partial charge in [-0.1, -0.05) is 0 Å². The summed E-state index contributed by atoms with van der Waals surface area (Å²) in [5.41, 5.74) is 7.58. The van der Waals surface area contributed by atoms with Crippen molar-refractivity contribution in [2.24, 2.45) is 0 Å². The van der Waals surface area contributed by atoms with Crippen molar-refractivity contribution in [1.82, 2.24) is 5.32 Å². The van der Waals surface area contributed by atoms with Crippen LogP contribution in [0, 0.1) is 11.3 Å². The fraction of sp³-hybridized carbons (Fsp3) is 0.500.